The number of fused-ring (bicyclic) bond motifs is 1. The van der Waals surface area contributed by atoms with Crippen molar-refractivity contribution in [1.82, 2.24) is 30.0 Å². The molecule has 2 fully saturated rings. The molecule has 40 heavy (non-hydrogen) atoms. The van der Waals surface area contributed by atoms with E-state index >= 15 is 0 Å². The second-order valence-corrected chi connectivity index (χ2v) is 10.5. The lowest BCUT2D eigenvalue weighted by molar-refractivity contribution is -0.146. The van der Waals surface area contributed by atoms with Gasteiger partial charge in [0.25, 0.3) is 5.82 Å². The van der Waals surface area contributed by atoms with Gasteiger partial charge in [-0.15, -0.1) is 5.10 Å². The van der Waals surface area contributed by atoms with Crippen molar-refractivity contribution >= 4 is 0 Å². The predicted octanol–water partition coefficient (Wildman–Crippen LogP) is 5.17. The molecule has 0 bridgehead atoms. The minimum absolute atomic E-state index is 0.189. The molecule has 0 amide bonds. The molecule has 0 N–H and O–H groups in total. The van der Waals surface area contributed by atoms with Crippen molar-refractivity contribution in [2.24, 2.45) is 0 Å². The molecule has 0 radical (unpaired) electrons. The smallest absolute Gasteiger partial charge is 0.453 e. The molecule has 0 saturated carbocycles. The minimum atomic E-state index is -4.67. The maximum atomic E-state index is 13.5. The zero-order valence-corrected chi connectivity index (χ0v) is 22.2. The van der Waals surface area contributed by atoms with Crippen molar-refractivity contribution < 1.29 is 17.9 Å². The third-order valence-corrected chi connectivity index (χ3v) is 8.09. The number of alkyl halides is 3. The van der Waals surface area contributed by atoms with Gasteiger partial charge in [-0.25, -0.2) is 0 Å². The molecule has 0 spiro atoms. The molecule has 208 valence electrons. The molecule has 10 heteroatoms. The number of ether oxygens (including phenoxy) is 1. The maximum Gasteiger partial charge on any atom is 0.453 e. The van der Waals surface area contributed by atoms with Gasteiger partial charge in [-0.3, -0.25) is 9.80 Å². The van der Waals surface area contributed by atoms with E-state index in [4.69, 9.17) is 4.74 Å². The fraction of sp³-hybridized carbons (Fsp3) is 0.367. The fourth-order valence-electron chi connectivity index (χ4n) is 6.42. The van der Waals surface area contributed by atoms with Crippen LogP contribution in [0.3, 0.4) is 0 Å². The number of methoxy groups -OCH3 is 1. The first kappa shape index (κ1) is 26.5. The van der Waals surface area contributed by atoms with Crippen LogP contribution >= 0.6 is 0 Å². The Bertz CT molecular complexity index is 1390. The molecule has 4 aromatic rings. The number of benzene rings is 3. The fourth-order valence-corrected chi connectivity index (χ4v) is 6.42. The van der Waals surface area contributed by atoms with Crippen LogP contribution in [0, 0.1) is 0 Å². The van der Waals surface area contributed by atoms with Crippen LogP contribution in [0.4, 0.5) is 13.2 Å². The van der Waals surface area contributed by atoms with E-state index in [-0.39, 0.29) is 17.6 Å². The monoisotopic (exact) mass is 548 g/mol. The second-order valence-electron chi connectivity index (χ2n) is 10.5. The summed E-state index contributed by atoms with van der Waals surface area (Å²) in [5, 5.41) is 10.1. The lowest BCUT2D eigenvalue weighted by atomic mass is 9.82. The van der Waals surface area contributed by atoms with Crippen LogP contribution in [0.15, 0.2) is 78.9 Å². The normalized spacial score (nSPS) is 20.1. The van der Waals surface area contributed by atoms with Crippen molar-refractivity contribution in [3.63, 3.8) is 0 Å². The molecule has 1 aromatic heterocycles. The zero-order valence-electron chi connectivity index (χ0n) is 22.2. The summed E-state index contributed by atoms with van der Waals surface area (Å²) in [5.74, 6) is -0.343. The van der Waals surface area contributed by atoms with Gasteiger partial charge in [0.1, 0.15) is 5.75 Å². The Labute approximate surface area is 231 Å². The van der Waals surface area contributed by atoms with Crippen LogP contribution in [0.1, 0.15) is 41.3 Å². The number of aromatic nitrogens is 4. The topological polar surface area (TPSA) is 59.3 Å². The summed E-state index contributed by atoms with van der Waals surface area (Å²) in [4.78, 5) is 5.09. The van der Waals surface area contributed by atoms with Crippen LogP contribution in [0.5, 0.6) is 5.75 Å². The van der Waals surface area contributed by atoms with Crippen LogP contribution < -0.4 is 4.74 Å². The average Bonchev–Trinajstić information content (AvgIpc) is 3.65. The van der Waals surface area contributed by atoms with E-state index in [9.17, 15) is 13.2 Å². The summed E-state index contributed by atoms with van der Waals surface area (Å²) in [6.45, 7) is 3.31. The highest BCUT2D eigenvalue weighted by Crippen LogP contribution is 2.38. The Kier molecular flexibility index (Phi) is 7.29. The van der Waals surface area contributed by atoms with Crippen LogP contribution in [-0.4, -0.2) is 68.8 Å². The number of hydrogen-bond donors (Lipinski definition) is 0. The largest absolute Gasteiger partial charge is 0.496 e. The summed E-state index contributed by atoms with van der Waals surface area (Å²) in [7, 11) is 1.58. The summed E-state index contributed by atoms with van der Waals surface area (Å²) in [6, 6.07) is 26.9. The van der Waals surface area contributed by atoms with Crippen molar-refractivity contribution in [2.75, 3.05) is 26.7 Å². The number of rotatable bonds is 7. The van der Waals surface area contributed by atoms with Crippen LogP contribution in [0.2, 0.25) is 0 Å². The summed E-state index contributed by atoms with van der Waals surface area (Å²) in [5.41, 5.74) is 3.61. The first-order valence-electron chi connectivity index (χ1n) is 13.5. The molecule has 0 aliphatic carbocycles. The Hall–Kier alpha value is -3.76. The summed E-state index contributed by atoms with van der Waals surface area (Å²) < 4.78 is 46.9. The Balaban J connectivity index is 1.34. The molecule has 2 aliphatic rings. The molecule has 7 nitrogen and oxygen atoms in total. The van der Waals surface area contributed by atoms with E-state index in [1.807, 2.05) is 12.1 Å². The van der Waals surface area contributed by atoms with Gasteiger partial charge in [0, 0.05) is 43.2 Å². The third-order valence-electron chi connectivity index (χ3n) is 8.09. The highest BCUT2D eigenvalue weighted by Gasteiger charge is 2.42. The van der Waals surface area contributed by atoms with Crippen molar-refractivity contribution in [3.8, 4) is 11.4 Å². The molecular formula is C30H31F3N6O. The van der Waals surface area contributed by atoms with Gasteiger partial charge in [-0.1, -0.05) is 60.7 Å². The Morgan fingerprint density at radius 2 is 1.65 bits per heavy atom. The first-order valence-corrected chi connectivity index (χ1v) is 13.5. The van der Waals surface area contributed by atoms with Gasteiger partial charge in [0.15, 0.2) is 0 Å². The molecular weight excluding hydrogens is 517 g/mol. The van der Waals surface area contributed by atoms with E-state index in [1.165, 1.54) is 11.1 Å². The second kappa shape index (κ2) is 11.0. The van der Waals surface area contributed by atoms with Crippen LogP contribution in [0.25, 0.3) is 5.69 Å². The molecule has 2 atom stereocenters. The number of piperazine rings is 1. The highest BCUT2D eigenvalue weighted by molar-refractivity contribution is 5.44. The number of nitrogens with zero attached hydrogens (tertiary/aromatic N) is 6. The number of halogens is 3. The molecule has 2 saturated heterocycles. The van der Waals surface area contributed by atoms with Gasteiger partial charge < -0.3 is 4.74 Å². The standard InChI is InChI=1S/C30H31F3N6O/c1-40-27-15-14-24(39-29(30(31,32)33)34-35-36-39)17-23(27)18-37-19-25-13-8-16-38(25)26(20-37)28(21-9-4-2-5-10-21)22-11-6-3-7-12-22/h2-7,9-12,14-15,17,25-26,28H,8,13,16,18-20H2,1H3/t25-,26?/m0/s1. The molecule has 2 aliphatic heterocycles. The Morgan fingerprint density at radius 1 is 0.950 bits per heavy atom. The van der Waals surface area contributed by atoms with Gasteiger partial charge in [0.2, 0.25) is 0 Å². The summed E-state index contributed by atoms with van der Waals surface area (Å²) in [6.07, 6.45) is -2.39. The van der Waals surface area contributed by atoms with Crippen molar-refractivity contribution in [2.45, 2.75) is 43.6 Å². The molecule has 1 unspecified atom stereocenters. The van der Waals surface area contributed by atoms with E-state index in [1.54, 1.807) is 25.3 Å². The quantitative estimate of drug-likeness (QED) is 0.318. The van der Waals surface area contributed by atoms with Gasteiger partial charge in [-0.05, 0) is 59.1 Å². The third kappa shape index (κ3) is 5.21. The van der Waals surface area contributed by atoms with E-state index in [0.29, 0.717) is 18.3 Å². The van der Waals surface area contributed by atoms with E-state index in [2.05, 4.69) is 73.9 Å². The number of tetrazole rings is 1. The molecule has 6 rings (SSSR count). The Morgan fingerprint density at radius 3 is 2.30 bits per heavy atom. The lowest BCUT2D eigenvalue weighted by Crippen LogP contribution is -2.57. The van der Waals surface area contributed by atoms with Crippen LogP contribution in [-0.2, 0) is 12.7 Å². The van der Waals surface area contributed by atoms with Crippen molar-refractivity contribution in [3.05, 3.63) is 101 Å². The highest BCUT2D eigenvalue weighted by atomic mass is 19.4. The number of hydrogen-bond acceptors (Lipinski definition) is 6. The lowest BCUT2D eigenvalue weighted by Gasteiger charge is -2.47. The predicted molar refractivity (Wildman–Crippen MR) is 144 cm³/mol. The van der Waals surface area contributed by atoms with E-state index in [0.717, 1.165) is 42.7 Å². The SMILES string of the molecule is COc1ccc(-n2nnnc2C(F)(F)F)cc1CN1CC(C(c2ccccc2)c2ccccc2)N2CCC[C@H]2C1. The maximum absolute atomic E-state index is 13.5. The van der Waals surface area contributed by atoms with E-state index < -0.39 is 12.0 Å². The van der Waals surface area contributed by atoms with Gasteiger partial charge in [0.05, 0.1) is 12.8 Å². The zero-order chi connectivity index (χ0) is 27.7. The van der Waals surface area contributed by atoms with Gasteiger partial charge >= 0.3 is 6.18 Å². The first-order chi connectivity index (χ1) is 19.4. The minimum Gasteiger partial charge on any atom is -0.496 e. The van der Waals surface area contributed by atoms with Gasteiger partial charge in [-0.2, -0.15) is 17.9 Å². The average molecular weight is 549 g/mol. The molecule has 3 aromatic carbocycles. The summed E-state index contributed by atoms with van der Waals surface area (Å²) >= 11 is 0. The molecule has 3 heterocycles. The van der Waals surface area contributed by atoms with Crippen molar-refractivity contribution in [1.29, 1.82) is 0 Å².